The largest absolute Gasteiger partial charge is 0.350 e. The molecule has 2 rings (SSSR count). The third-order valence-electron chi connectivity index (χ3n) is 3.75. The van der Waals surface area contributed by atoms with Gasteiger partial charge in [0.25, 0.3) is 0 Å². The van der Waals surface area contributed by atoms with Gasteiger partial charge in [-0.1, -0.05) is 50.1 Å². The quantitative estimate of drug-likeness (QED) is 0.710. The summed E-state index contributed by atoms with van der Waals surface area (Å²) in [7, 11) is 0. The van der Waals surface area contributed by atoms with Crippen LogP contribution in [0.2, 0.25) is 0 Å². The molecule has 2 heteroatoms. The highest BCUT2D eigenvalue weighted by Crippen LogP contribution is 2.29. The monoisotopic (exact) mass is 262 g/mol. The summed E-state index contributed by atoms with van der Waals surface area (Å²) in [6.45, 7) is 3.90. The second-order valence-corrected chi connectivity index (χ2v) is 5.43. The van der Waals surface area contributed by atoms with E-state index in [1.165, 1.54) is 24.8 Å². The minimum atomic E-state index is -0.382. The highest BCUT2D eigenvalue weighted by Gasteiger charge is 2.33. The van der Waals surface area contributed by atoms with Crippen LogP contribution in [-0.2, 0) is 15.9 Å². The number of hydrogen-bond donors (Lipinski definition) is 0. The lowest BCUT2D eigenvalue weighted by Crippen LogP contribution is -2.38. The maximum absolute atomic E-state index is 6.12. The Morgan fingerprint density at radius 2 is 1.68 bits per heavy atom. The lowest BCUT2D eigenvalue weighted by molar-refractivity contribution is -0.229. The van der Waals surface area contributed by atoms with Crippen molar-refractivity contribution in [2.75, 3.05) is 13.2 Å². The number of unbranched alkanes of at least 4 members (excludes halogenated alkanes) is 2. The Balaban J connectivity index is 2.03. The van der Waals surface area contributed by atoms with Crippen LogP contribution in [0.5, 0.6) is 0 Å². The second-order valence-electron chi connectivity index (χ2n) is 5.43. The summed E-state index contributed by atoms with van der Waals surface area (Å²) in [5.74, 6) is -0.382. The summed E-state index contributed by atoms with van der Waals surface area (Å²) >= 11 is 0. The first-order chi connectivity index (χ1) is 9.35. The van der Waals surface area contributed by atoms with Crippen molar-refractivity contribution < 1.29 is 9.47 Å². The van der Waals surface area contributed by atoms with Crippen molar-refractivity contribution in [1.29, 1.82) is 0 Å². The molecule has 19 heavy (non-hydrogen) atoms. The molecule has 1 fully saturated rings. The summed E-state index contributed by atoms with van der Waals surface area (Å²) in [5, 5.41) is 0. The van der Waals surface area contributed by atoms with E-state index < -0.39 is 0 Å². The van der Waals surface area contributed by atoms with Gasteiger partial charge in [0.2, 0.25) is 0 Å². The molecule has 1 heterocycles. The molecule has 0 atom stereocenters. The van der Waals surface area contributed by atoms with Gasteiger partial charge in [-0.05, 0) is 24.8 Å². The molecule has 0 aromatic heterocycles. The van der Waals surface area contributed by atoms with E-state index >= 15 is 0 Å². The molecule has 1 aliphatic rings. The fraction of sp³-hybridized carbons (Fsp3) is 0.647. The van der Waals surface area contributed by atoms with Crippen LogP contribution < -0.4 is 0 Å². The summed E-state index contributed by atoms with van der Waals surface area (Å²) in [6, 6.07) is 10.6. The van der Waals surface area contributed by atoms with Crippen molar-refractivity contribution in [3.63, 3.8) is 0 Å². The molecule has 1 aromatic rings. The molecule has 0 radical (unpaired) electrons. The molecule has 1 aromatic carbocycles. The molecule has 1 aliphatic heterocycles. The van der Waals surface area contributed by atoms with Gasteiger partial charge in [0.1, 0.15) is 0 Å². The number of rotatable bonds is 6. The van der Waals surface area contributed by atoms with E-state index in [4.69, 9.17) is 9.47 Å². The van der Waals surface area contributed by atoms with Gasteiger partial charge < -0.3 is 9.47 Å². The third kappa shape index (κ3) is 4.63. The first-order valence-corrected chi connectivity index (χ1v) is 7.66. The van der Waals surface area contributed by atoms with Crippen molar-refractivity contribution in [3.8, 4) is 0 Å². The molecule has 2 nitrogen and oxygen atoms in total. The predicted molar refractivity (Wildman–Crippen MR) is 78.2 cm³/mol. The first kappa shape index (κ1) is 14.5. The van der Waals surface area contributed by atoms with Crippen LogP contribution in [0, 0.1) is 0 Å². The maximum Gasteiger partial charge on any atom is 0.172 e. The van der Waals surface area contributed by atoms with Crippen LogP contribution in [0.15, 0.2) is 30.3 Å². The molecule has 106 valence electrons. The number of hydrogen-bond acceptors (Lipinski definition) is 2. The van der Waals surface area contributed by atoms with Gasteiger partial charge in [0, 0.05) is 12.8 Å². The van der Waals surface area contributed by atoms with Crippen LogP contribution in [0.3, 0.4) is 0 Å². The summed E-state index contributed by atoms with van der Waals surface area (Å²) < 4.78 is 12.2. The molecule has 0 bridgehead atoms. The minimum Gasteiger partial charge on any atom is -0.350 e. The van der Waals surface area contributed by atoms with Gasteiger partial charge >= 0.3 is 0 Å². The van der Waals surface area contributed by atoms with Crippen LogP contribution >= 0.6 is 0 Å². The van der Waals surface area contributed by atoms with Crippen molar-refractivity contribution in [3.05, 3.63) is 35.9 Å². The standard InChI is InChI=1S/C17H26O2/c1-2-3-7-12-17(18-13-8-9-14-19-17)15-16-10-5-4-6-11-16/h4-6,10-11H,2-3,7-9,12-15H2,1H3. The van der Waals surface area contributed by atoms with Crippen LogP contribution in [0.4, 0.5) is 0 Å². The van der Waals surface area contributed by atoms with E-state index in [0.29, 0.717) is 0 Å². The summed E-state index contributed by atoms with van der Waals surface area (Å²) in [4.78, 5) is 0. The van der Waals surface area contributed by atoms with Gasteiger partial charge in [0.05, 0.1) is 13.2 Å². The van der Waals surface area contributed by atoms with Crippen molar-refractivity contribution in [2.24, 2.45) is 0 Å². The van der Waals surface area contributed by atoms with Crippen molar-refractivity contribution >= 4 is 0 Å². The molecule has 0 aliphatic carbocycles. The van der Waals surface area contributed by atoms with Crippen LogP contribution in [0.1, 0.15) is 51.0 Å². The highest BCUT2D eigenvalue weighted by molar-refractivity contribution is 5.16. The third-order valence-corrected chi connectivity index (χ3v) is 3.75. The zero-order chi connectivity index (χ0) is 13.4. The average Bonchev–Trinajstić information content (AvgIpc) is 2.66. The van der Waals surface area contributed by atoms with E-state index in [1.54, 1.807) is 0 Å². The Hall–Kier alpha value is -0.860. The number of benzene rings is 1. The molecule has 0 unspecified atom stereocenters. The molecule has 0 amide bonds. The fourth-order valence-corrected chi connectivity index (χ4v) is 2.65. The molecule has 0 saturated carbocycles. The Bertz CT molecular complexity index is 340. The van der Waals surface area contributed by atoms with Crippen LogP contribution in [0.25, 0.3) is 0 Å². The second kappa shape index (κ2) is 7.66. The fourth-order valence-electron chi connectivity index (χ4n) is 2.65. The molecule has 1 saturated heterocycles. The normalized spacial score (nSPS) is 19.0. The van der Waals surface area contributed by atoms with Gasteiger partial charge in [-0.3, -0.25) is 0 Å². The van der Waals surface area contributed by atoms with E-state index in [9.17, 15) is 0 Å². The molecule has 0 N–H and O–H groups in total. The van der Waals surface area contributed by atoms with E-state index in [-0.39, 0.29) is 5.79 Å². The SMILES string of the molecule is CCCCCC1(Cc2ccccc2)OCCCCO1. The van der Waals surface area contributed by atoms with Gasteiger partial charge in [0.15, 0.2) is 5.79 Å². The Labute approximate surface area is 117 Å². The Morgan fingerprint density at radius 1 is 1.00 bits per heavy atom. The smallest absolute Gasteiger partial charge is 0.172 e. The minimum absolute atomic E-state index is 0.382. The number of ether oxygens (including phenoxy) is 2. The molecular formula is C17H26O2. The van der Waals surface area contributed by atoms with Crippen molar-refractivity contribution in [2.45, 2.75) is 57.7 Å². The van der Waals surface area contributed by atoms with E-state index in [1.807, 2.05) is 0 Å². The van der Waals surface area contributed by atoms with Crippen molar-refractivity contribution in [1.82, 2.24) is 0 Å². The van der Waals surface area contributed by atoms with Gasteiger partial charge in [-0.2, -0.15) is 0 Å². The average molecular weight is 262 g/mol. The predicted octanol–water partition coefficient (Wildman–Crippen LogP) is 4.33. The van der Waals surface area contributed by atoms with E-state index in [0.717, 1.165) is 38.9 Å². The van der Waals surface area contributed by atoms with Gasteiger partial charge in [-0.25, -0.2) is 0 Å². The topological polar surface area (TPSA) is 18.5 Å². The van der Waals surface area contributed by atoms with Gasteiger partial charge in [-0.15, -0.1) is 0 Å². The highest BCUT2D eigenvalue weighted by atomic mass is 16.7. The lowest BCUT2D eigenvalue weighted by Gasteiger charge is -2.32. The first-order valence-electron chi connectivity index (χ1n) is 7.66. The maximum atomic E-state index is 6.12. The Kier molecular flexibility index (Phi) is 5.87. The van der Waals surface area contributed by atoms with Crippen LogP contribution in [-0.4, -0.2) is 19.0 Å². The zero-order valence-electron chi connectivity index (χ0n) is 12.1. The van der Waals surface area contributed by atoms with E-state index in [2.05, 4.69) is 37.3 Å². The lowest BCUT2D eigenvalue weighted by atomic mass is 9.99. The molecule has 0 spiro atoms. The summed E-state index contributed by atoms with van der Waals surface area (Å²) in [6.07, 6.45) is 7.79. The summed E-state index contributed by atoms with van der Waals surface area (Å²) in [5.41, 5.74) is 1.31. The Morgan fingerprint density at radius 3 is 2.32 bits per heavy atom. The zero-order valence-corrected chi connectivity index (χ0v) is 12.1. The molecular weight excluding hydrogens is 236 g/mol.